The molecule has 0 spiro atoms. The topological polar surface area (TPSA) is 74.6 Å². The van der Waals surface area contributed by atoms with Crippen LogP contribution < -0.4 is 19.5 Å². The van der Waals surface area contributed by atoms with Gasteiger partial charge in [0.05, 0.1) is 27.0 Å². The van der Waals surface area contributed by atoms with E-state index < -0.39 is 0 Å². The summed E-state index contributed by atoms with van der Waals surface area (Å²) in [6.45, 7) is 2.12. The molecule has 8 heteroatoms. The van der Waals surface area contributed by atoms with E-state index in [4.69, 9.17) is 19.2 Å². The smallest absolute Gasteiger partial charge is 0.267 e. The predicted molar refractivity (Wildman–Crippen MR) is 114 cm³/mol. The second kappa shape index (κ2) is 9.47. The molecule has 0 fully saturated rings. The molecule has 29 heavy (non-hydrogen) atoms. The summed E-state index contributed by atoms with van der Waals surface area (Å²) in [5, 5.41) is 3.72. The summed E-state index contributed by atoms with van der Waals surface area (Å²) < 4.78 is 18.0. The SMILES string of the molecule is CCCCc1nc(-n2cccc2)sc1C(=O)Nc1cc(OC)c(OC)c(OC)c1. The Balaban J connectivity index is 1.92. The molecule has 1 amide bonds. The fourth-order valence-electron chi connectivity index (χ4n) is 2.94. The van der Waals surface area contributed by atoms with Gasteiger partial charge in [-0.05, 0) is 25.0 Å². The average molecular weight is 416 g/mol. The van der Waals surface area contributed by atoms with Gasteiger partial charge in [0.15, 0.2) is 16.6 Å². The van der Waals surface area contributed by atoms with Crippen molar-refractivity contribution in [1.82, 2.24) is 9.55 Å². The molecular formula is C21H25N3O4S. The molecular weight excluding hydrogens is 390 g/mol. The molecule has 7 nitrogen and oxygen atoms in total. The van der Waals surface area contributed by atoms with Crippen LogP contribution in [-0.2, 0) is 6.42 Å². The molecule has 0 aliphatic rings. The maximum absolute atomic E-state index is 13.1. The van der Waals surface area contributed by atoms with Gasteiger partial charge < -0.3 is 24.1 Å². The van der Waals surface area contributed by atoms with Gasteiger partial charge in [0, 0.05) is 30.2 Å². The van der Waals surface area contributed by atoms with E-state index in [2.05, 4.69) is 12.2 Å². The van der Waals surface area contributed by atoms with Crippen LogP contribution >= 0.6 is 11.3 Å². The zero-order valence-electron chi connectivity index (χ0n) is 17.0. The van der Waals surface area contributed by atoms with Gasteiger partial charge in [-0.3, -0.25) is 4.79 Å². The van der Waals surface area contributed by atoms with Crippen molar-refractivity contribution >= 4 is 22.9 Å². The van der Waals surface area contributed by atoms with E-state index in [9.17, 15) is 4.79 Å². The van der Waals surface area contributed by atoms with Crippen molar-refractivity contribution < 1.29 is 19.0 Å². The number of aryl methyl sites for hydroxylation is 1. The molecule has 2 aromatic heterocycles. The molecule has 2 heterocycles. The minimum Gasteiger partial charge on any atom is -0.493 e. The maximum Gasteiger partial charge on any atom is 0.267 e. The number of hydrogen-bond acceptors (Lipinski definition) is 6. The Kier molecular flexibility index (Phi) is 6.77. The first kappa shape index (κ1) is 20.7. The van der Waals surface area contributed by atoms with Gasteiger partial charge in [-0.2, -0.15) is 0 Å². The number of amides is 1. The normalized spacial score (nSPS) is 10.6. The quantitative estimate of drug-likeness (QED) is 0.555. The molecule has 0 saturated heterocycles. The third-order valence-electron chi connectivity index (χ3n) is 4.41. The van der Waals surface area contributed by atoms with Crippen LogP contribution in [0.1, 0.15) is 35.1 Å². The van der Waals surface area contributed by atoms with Crippen LogP contribution in [0.4, 0.5) is 5.69 Å². The Bertz CT molecular complexity index is 941. The van der Waals surface area contributed by atoms with Crippen molar-refractivity contribution in [1.29, 1.82) is 0 Å². The molecule has 3 rings (SSSR count). The molecule has 0 atom stereocenters. The summed E-state index contributed by atoms with van der Waals surface area (Å²) in [6, 6.07) is 7.28. The second-order valence-electron chi connectivity index (χ2n) is 6.33. The van der Waals surface area contributed by atoms with E-state index in [1.165, 1.54) is 25.6 Å². The zero-order valence-corrected chi connectivity index (χ0v) is 17.8. The third-order valence-corrected chi connectivity index (χ3v) is 5.52. The summed E-state index contributed by atoms with van der Waals surface area (Å²) >= 11 is 1.38. The highest BCUT2D eigenvalue weighted by atomic mass is 32.1. The summed E-state index contributed by atoms with van der Waals surface area (Å²) in [5.41, 5.74) is 1.37. The van der Waals surface area contributed by atoms with Gasteiger partial charge in [-0.15, -0.1) is 0 Å². The minimum atomic E-state index is -0.207. The van der Waals surface area contributed by atoms with Gasteiger partial charge in [0.25, 0.3) is 5.91 Å². The first-order chi connectivity index (χ1) is 14.1. The Morgan fingerprint density at radius 1 is 1.10 bits per heavy atom. The highest BCUT2D eigenvalue weighted by Gasteiger charge is 2.20. The van der Waals surface area contributed by atoms with Gasteiger partial charge in [0.1, 0.15) is 4.88 Å². The van der Waals surface area contributed by atoms with Crippen molar-refractivity contribution in [3.63, 3.8) is 0 Å². The summed E-state index contributed by atoms with van der Waals surface area (Å²) in [4.78, 5) is 18.4. The monoisotopic (exact) mass is 415 g/mol. The number of rotatable bonds is 9. The molecule has 0 unspecified atom stereocenters. The average Bonchev–Trinajstić information content (AvgIpc) is 3.41. The minimum absolute atomic E-state index is 0.207. The number of anilines is 1. The van der Waals surface area contributed by atoms with Crippen LogP contribution in [0.2, 0.25) is 0 Å². The first-order valence-electron chi connectivity index (χ1n) is 9.35. The standard InChI is InChI=1S/C21H25N3O4S/c1-5-6-9-15-19(29-21(23-15)24-10-7-8-11-24)20(25)22-14-12-16(26-2)18(28-4)17(13-14)27-3/h7-8,10-13H,5-6,9H2,1-4H3,(H,22,25). The lowest BCUT2D eigenvalue weighted by Gasteiger charge is -2.14. The lowest BCUT2D eigenvalue weighted by Crippen LogP contribution is -2.13. The van der Waals surface area contributed by atoms with E-state index in [-0.39, 0.29) is 5.91 Å². The van der Waals surface area contributed by atoms with E-state index in [1.807, 2.05) is 29.1 Å². The molecule has 0 aliphatic heterocycles. The Hall–Kier alpha value is -3.00. The van der Waals surface area contributed by atoms with Crippen LogP contribution in [-0.4, -0.2) is 36.8 Å². The molecule has 0 aliphatic carbocycles. The zero-order chi connectivity index (χ0) is 20.8. The number of hydrogen-bond donors (Lipinski definition) is 1. The van der Waals surface area contributed by atoms with Gasteiger partial charge in [-0.1, -0.05) is 24.7 Å². The number of carbonyl (C=O) groups excluding carboxylic acids is 1. The van der Waals surface area contributed by atoms with E-state index in [0.717, 1.165) is 30.1 Å². The largest absolute Gasteiger partial charge is 0.493 e. The fraction of sp³-hybridized carbons (Fsp3) is 0.333. The highest BCUT2D eigenvalue weighted by Crippen LogP contribution is 2.40. The number of unbranched alkanes of at least 4 members (excludes halogenated alkanes) is 1. The van der Waals surface area contributed by atoms with Crippen molar-refractivity contribution in [3.05, 3.63) is 47.2 Å². The van der Waals surface area contributed by atoms with Crippen molar-refractivity contribution in [2.45, 2.75) is 26.2 Å². The summed E-state index contributed by atoms with van der Waals surface area (Å²) in [7, 11) is 4.62. The lowest BCUT2D eigenvalue weighted by molar-refractivity contribution is 0.102. The van der Waals surface area contributed by atoms with E-state index in [1.54, 1.807) is 19.2 Å². The Morgan fingerprint density at radius 3 is 2.31 bits per heavy atom. The van der Waals surface area contributed by atoms with Crippen LogP contribution in [0.25, 0.3) is 5.13 Å². The van der Waals surface area contributed by atoms with E-state index in [0.29, 0.717) is 27.8 Å². The van der Waals surface area contributed by atoms with E-state index >= 15 is 0 Å². The number of ether oxygens (including phenoxy) is 3. The van der Waals surface area contributed by atoms with Crippen LogP contribution in [0.15, 0.2) is 36.7 Å². The summed E-state index contributed by atoms with van der Waals surface area (Å²) in [6.07, 6.45) is 6.60. The molecule has 0 bridgehead atoms. The number of thiazole rings is 1. The number of nitrogens with one attached hydrogen (secondary N) is 1. The fourth-order valence-corrected chi connectivity index (χ4v) is 3.92. The number of nitrogens with zero attached hydrogens (tertiary/aromatic N) is 2. The van der Waals surface area contributed by atoms with Gasteiger partial charge in [-0.25, -0.2) is 4.98 Å². The molecule has 1 N–H and O–H groups in total. The highest BCUT2D eigenvalue weighted by molar-refractivity contribution is 7.16. The van der Waals surface area contributed by atoms with Gasteiger partial charge >= 0.3 is 0 Å². The van der Waals surface area contributed by atoms with Crippen molar-refractivity contribution in [2.75, 3.05) is 26.6 Å². The van der Waals surface area contributed by atoms with Crippen LogP contribution in [0.3, 0.4) is 0 Å². The predicted octanol–water partition coefficient (Wildman–Crippen LogP) is 4.55. The number of methoxy groups -OCH3 is 3. The first-order valence-corrected chi connectivity index (χ1v) is 10.2. The second-order valence-corrected chi connectivity index (χ2v) is 7.31. The Morgan fingerprint density at radius 2 is 1.76 bits per heavy atom. The number of aromatic nitrogens is 2. The van der Waals surface area contributed by atoms with Gasteiger partial charge in [0.2, 0.25) is 5.75 Å². The maximum atomic E-state index is 13.1. The van der Waals surface area contributed by atoms with Crippen molar-refractivity contribution in [2.24, 2.45) is 0 Å². The van der Waals surface area contributed by atoms with Crippen LogP contribution in [0.5, 0.6) is 17.2 Å². The molecule has 0 saturated carbocycles. The third kappa shape index (κ3) is 4.54. The molecule has 0 radical (unpaired) electrons. The number of benzene rings is 1. The lowest BCUT2D eigenvalue weighted by atomic mass is 10.2. The summed E-state index contributed by atoms with van der Waals surface area (Å²) in [5.74, 6) is 1.22. The van der Waals surface area contributed by atoms with Crippen molar-refractivity contribution in [3.8, 4) is 22.4 Å². The molecule has 1 aromatic carbocycles. The van der Waals surface area contributed by atoms with Crippen LogP contribution in [0, 0.1) is 0 Å². The number of carbonyl (C=O) groups is 1. The molecule has 3 aromatic rings. The Labute approximate surface area is 174 Å². The molecule has 154 valence electrons.